The lowest BCUT2D eigenvalue weighted by Crippen LogP contribution is -2.93. The van der Waals surface area contributed by atoms with E-state index in [-0.39, 0.29) is 0 Å². The second kappa shape index (κ2) is 4.76. The fourth-order valence-electron chi connectivity index (χ4n) is 4.18. The first kappa shape index (κ1) is 13.1. The van der Waals surface area contributed by atoms with Crippen LogP contribution in [0.1, 0.15) is 53.4 Å². The summed E-state index contributed by atoms with van der Waals surface area (Å²) in [6, 6.07) is 0. The minimum atomic E-state index is 0.382. The first-order valence-electron chi connectivity index (χ1n) is 7.29. The average Bonchev–Trinajstić information content (AvgIpc) is 2.28. The SMILES string of the molecule is [CH2-][NH2+][C@]1(C)CC[C@@H](C(C)C)[C@@H]2C=C(C)CC[C@H]21. The molecule has 0 aromatic heterocycles. The van der Waals surface area contributed by atoms with Gasteiger partial charge in [-0.3, -0.25) is 0 Å². The highest BCUT2D eigenvalue weighted by atomic mass is 14.9. The molecule has 0 aromatic carbocycles. The highest BCUT2D eigenvalue weighted by Gasteiger charge is 2.47. The van der Waals surface area contributed by atoms with Crippen molar-refractivity contribution >= 4 is 0 Å². The Kier molecular flexibility index (Phi) is 3.68. The third-order valence-corrected chi connectivity index (χ3v) is 5.47. The maximum absolute atomic E-state index is 4.12. The van der Waals surface area contributed by atoms with E-state index in [1.807, 2.05) is 0 Å². The molecule has 0 spiro atoms. The molecular weight excluding hydrogens is 206 g/mol. The molecule has 1 fully saturated rings. The van der Waals surface area contributed by atoms with E-state index in [4.69, 9.17) is 0 Å². The predicted molar refractivity (Wildman–Crippen MR) is 73.2 cm³/mol. The van der Waals surface area contributed by atoms with Gasteiger partial charge in [-0.15, -0.1) is 0 Å². The molecule has 0 amide bonds. The molecular formula is C16H29N. The molecule has 2 aliphatic rings. The average molecular weight is 235 g/mol. The van der Waals surface area contributed by atoms with E-state index < -0.39 is 0 Å². The number of nitrogens with two attached hydrogens (primary N) is 1. The minimum absolute atomic E-state index is 0.382. The van der Waals surface area contributed by atoms with Gasteiger partial charge >= 0.3 is 0 Å². The Hall–Kier alpha value is -0.300. The predicted octanol–water partition coefficient (Wildman–Crippen LogP) is 3.14. The van der Waals surface area contributed by atoms with Crippen molar-refractivity contribution < 1.29 is 5.32 Å². The van der Waals surface area contributed by atoms with Crippen LogP contribution in [0.15, 0.2) is 11.6 Å². The van der Waals surface area contributed by atoms with Gasteiger partial charge in [0.15, 0.2) is 0 Å². The summed E-state index contributed by atoms with van der Waals surface area (Å²) < 4.78 is 0. The number of allylic oxidation sites excluding steroid dienone is 2. The summed E-state index contributed by atoms with van der Waals surface area (Å²) >= 11 is 0. The van der Waals surface area contributed by atoms with Crippen LogP contribution in [0.4, 0.5) is 0 Å². The largest absolute Gasteiger partial charge is 0.474 e. The van der Waals surface area contributed by atoms with Crippen LogP contribution in [0.5, 0.6) is 0 Å². The second-order valence-corrected chi connectivity index (χ2v) is 6.89. The minimum Gasteiger partial charge on any atom is -0.474 e. The van der Waals surface area contributed by atoms with Crippen LogP contribution in [-0.4, -0.2) is 5.54 Å². The van der Waals surface area contributed by atoms with Gasteiger partial charge in [-0.2, -0.15) is 7.05 Å². The number of quaternary nitrogens is 1. The fourth-order valence-corrected chi connectivity index (χ4v) is 4.18. The quantitative estimate of drug-likeness (QED) is 0.559. The second-order valence-electron chi connectivity index (χ2n) is 6.89. The molecule has 1 heteroatoms. The zero-order valence-corrected chi connectivity index (χ0v) is 12.0. The summed E-state index contributed by atoms with van der Waals surface area (Å²) in [7, 11) is 4.12. The molecule has 2 rings (SSSR count). The topological polar surface area (TPSA) is 16.6 Å². The van der Waals surface area contributed by atoms with Gasteiger partial charge in [0, 0.05) is 12.3 Å². The van der Waals surface area contributed by atoms with Gasteiger partial charge in [-0.25, -0.2) is 0 Å². The van der Waals surface area contributed by atoms with Crippen molar-refractivity contribution in [2.75, 3.05) is 0 Å². The maximum Gasteiger partial charge on any atom is 0.0729 e. The van der Waals surface area contributed by atoms with Gasteiger partial charge in [0.2, 0.25) is 0 Å². The van der Waals surface area contributed by atoms with Gasteiger partial charge < -0.3 is 5.32 Å². The lowest BCUT2D eigenvalue weighted by Gasteiger charge is -2.51. The molecule has 1 nitrogen and oxygen atoms in total. The number of fused-ring (bicyclic) bond motifs is 1. The van der Waals surface area contributed by atoms with Crippen LogP contribution < -0.4 is 5.32 Å². The Morgan fingerprint density at radius 3 is 2.71 bits per heavy atom. The van der Waals surface area contributed by atoms with Gasteiger partial charge in [-0.1, -0.05) is 25.5 Å². The zero-order valence-electron chi connectivity index (χ0n) is 12.0. The molecule has 0 unspecified atom stereocenters. The van der Waals surface area contributed by atoms with E-state index in [2.05, 4.69) is 46.1 Å². The number of hydrogen-bond acceptors (Lipinski definition) is 0. The van der Waals surface area contributed by atoms with Crippen molar-refractivity contribution in [2.45, 2.75) is 58.9 Å². The molecule has 0 saturated heterocycles. The molecule has 98 valence electrons. The maximum atomic E-state index is 4.12. The summed E-state index contributed by atoms with van der Waals surface area (Å²) in [5, 5.41) is 2.25. The molecule has 2 aliphatic carbocycles. The van der Waals surface area contributed by atoms with Crippen LogP contribution in [0.2, 0.25) is 0 Å². The molecule has 1 saturated carbocycles. The van der Waals surface area contributed by atoms with Crippen LogP contribution in [0.3, 0.4) is 0 Å². The summed E-state index contributed by atoms with van der Waals surface area (Å²) in [6.45, 7) is 9.54. The van der Waals surface area contributed by atoms with Crippen LogP contribution in [0, 0.1) is 30.7 Å². The normalized spacial score (nSPS) is 42.2. The van der Waals surface area contributed by atoms with Crippen molar-refractivity contribution in [2.24, 2.45) is 23.7 Å². The van der Waals surface area contributed by atoms with Crippen LogP contribution in [0.25, 0.3) is 0 Å². The van der Waals surface area contributed by atoms with E-state index in [1.165, 1.54) is 25.7 Å². The van der Waals surface area contributed by atoms with E-state index in [1.54, 1.807) is 5.57 Å². The first-order valence-corrected chi connectivity index (χ1v) is 7.29. The zero-order chi connectivity index (χ0) is 12.6. The molecule has 4 atom stereocenters. The molecule has 0 aliphatic heterocycles. The van der Waals surface area contributed by atoms with Gasteiger partial charge in [0.05, 0.1) is 5.54 Å². The summed E-state index contributed by atoms with van der Waals surface area (Å²) in [6.07, 6.45) is 7.99. The van der Waals surface area contributed by atoms with Gasteiger partial charge in [-0.05, 0) is 50.9 Å². The van der Waals surface area contributed by atoms with E-state index in [9.17, 15) is 0 Å². The number of hydrogen-bond donors (Lipinski definition) is 1. The van der Waals surface area contributed by atoms with Crippen LogP contribution >= 0.6 is 0 Å². The fraction of sp³-hybridized carbons (Fsp3) is 0.812. The van der Waals surface area contributed by atoms with Crippen LogP contribution in [-0.2, 0) is 0 Å². The standard InChI is InChI=1S/C16H29N/c1-11(2)13-8-9-16(4,17-5)15-7-6-12(3)10-14(13)15/h10-11,13-15H,5-9,17H2,1-4H3/t13-,14-,15+,16+/m0/s1. The summed E-state index contributed by atoms with van der Waals surface area (Å²) in [5.74, 6) is 3.35. The van der Waals surface area contributed by atoms with E-state index >= 15 is 0 Å². The van der Waals surface area contributed by atoms with Gasteiger partial charge in [0.25, 0.3) is 0 Å². The third kappa shape index (κ3) is 2.31. The monoisotopic (exact) mass is 235 g/mol. The molecule has 0 radical (unpaired) electrons. The lowest BCUT2D eigenvalue weighted by molar-refractivity contribution is -0.686. The Bertz CT molecular complexity index is 305. The van der Waals surface area contributed by atoms with Crippen molar-refractivity contribution in [3.8, 4) is 0 Å². The molecule has 2 N–H and O–H groups in total. The lowest BCUT2D eigenvalue weighted by atomic mass is 9.57. The first-order chi connectivity index (χ1) is 7.98. The van der Waals surface area contributed by atoms with Crippen molar-refractivity contribution in [1.82, 2.24) is 0 Å². The molecule has 0 bridgehead atoms. The Morgan fingerprint density at radius 2 is 2.12 bits per heavy atom. The van der Waals surface area contributed by atoms with Crippen molar-refractivity contribution in [3.05, 3.63) is 18.7 Å². The summed E-state index contributed by atoms with van der Waals surface area (Å²) in [4.78, 5) is 0. The third-order valence-electron chi connectivity index (χ3n) is 5.47. The van der Waals surface area contributed by atoms with Crippen molar-refractivity contribution in [3.63, 3.8) is 0 Å². The smallest absolute Gasteiger partial charge is 0.0729 e. The highest BCUT2D eigenvalue weighted by molar-refractivity contribution is 5.13. The molecule has 0 heterocycles. The molecule has 17 heavy (non-hydrogen) atoms. The Morgan fingerprint density at radius 1 is 1.41 bits per heavy atom. The number of rotatable bonds is 2. The Labute approximate surface area is 107 Å². The van der Waals surface area contributed by atoms with E-state index in [0.29, 0.717) is 5.54 Å². The molecule has 0 aromatic rings. The highest BCUT2D eigenvalue weighted by Crippen LogP contribution is 2.48. The Balaban J connectivity index is 2.29. The van der Waals surface area contributed by atoms with Gasteiger partial charge in [0.1, 0.15) is 0 Å². The van der Waals surface area contributed by atoms with Crippen molar-refractivity contribution in [1.29, 1.82) is 0 Å². The summed E-state index contributed by atoms with van der Waals surface area (Å²) in [5.41, 5.74) is 2.00. The van der Waals surface area contributed by atoms with E-state index in [0.717, 1.165) is 23.7 Å².